The number of alkyl carbamates (subject to hydrolysis) is 1. The van der Waals surface area contributed by atoms with Crippen molar-refractivity contribution in [2.24, 2.45) is 0 Å². The van der Waals surface area contributed by atoms with Gasteiger partial charge in [-0.1, -0.05) is 11.6 Å². The van der Waals surface area contributed by atoms with E-state index in [0.717, 1.165) is 5.56 Å². The number of halogens is 1. The summed E-state index contributed by atoms with van der Waals surface area (Å²) in [7, 11) is 0. The molecule has 2 heterocycles. The molecule has 3 rings (SSSR count). The molecule has 7 nitrogen and oxygen atoms in total. The second kappa shape index (κ2) is 8.31. The number of nitrogens with zero attached hydrogens (tertiary/aromatic N) is 1. The van der Waals surface area contributed by atoms with E-state index in [0.29, 0.717) is 42.5 Å². The number of nitrogens with one attached hydrogen (secondary N) is 1. The summed E-state index contributed by atoms with van der Waals surface area (Å²) in [5.74, 6) is 1.03. The molecule has 1 aromatic carbocycles. The Morgan fingerprint density at radius 1 is 1.25 bits per heavy atom. The molecule has 8 heteroatoms. The smallest absolute Gasteiger partial charge is 0.407 e. The molecule has 2 aliphatic rings. The number of likely N-dealkylation sites (tertiary alicyclic amines) is 1. The topological polar surface area (TPSA) is 77.1 Å². The maximum Gasteiger partial charge on any atom is 0.407 e. The Kier molecular flexibility index (Phi) is 6.03. The van der Waals surface area contributed by atoms with Gasteiger partial charge in [-0.3, -0.25) is 4.79 Å². The van der Waals surface area contributed by atoms with Crippen LogP contribution in [-0.4, -0.2) is 48.4 Å². The molecular formula is C20H25ClN2O5. The number of carbonyl (C=O) groups is 2. The molecule has 0 spiro atoms. The lowest BCUT2D eigenvalue weighted by atomic mass is 10.1. The van der Waals surface area contributed by atoms with Gasteiger partial charge in [-0.05, 0) is 57.4 Å². The Balaban J connectivity index is 1.50. The summed E-state index contributed by atoms with van der Waals surface area (Å²) in [5, 5.41) is 3.32. The Morgan fingerprint density at radius 2 is 1.96 bits per heavy atom. The first-order valence-corrected chi connectivity index (χ1v) is 9.65. The van der Waals surface area contributed by atoms with E-state index in [1.165, 1.54) is 6.08 Å². The van der Waals surface area contributed by atoms with E-state index in [1.807, 2.05) is 20.8 Å². The summed E-state index contributed by atoms with van der Waals surface area (Å²) in [6, 6.07) is 3.53. The van der Waals surface area contributed by atoms with E-state index in [2.05, 4.69) is 5.32 Å². The third-order valence-corrected chi connectivity index (χ3v) is 4.68. The lowest BCUT2D eigenvalue weighted by Gasteiger charge is -2.32. The Hall–Kier alpha value is -2.41. The summed E-state index contributed by atoms with van der Waals surface area (Å²) in [6.07, 6.45) is 4.19. The van der Waals surface area contributed by atoms with Crippen LogP contribution in [-0.2, 0) is 9.53 Å². The standard InChI is InChI=1S/C20H25ClN2O5/c1-20(2,3)28-19(25)22-14-6-8-23(9-7-14)17(24)5-4-13-10-15(21)18-16(11-13)26-12-27-18/h4-5,10-11,14H,6-9,12H2,1-3H3,(H,22,25)/b5-4+. The summed E-state index contributed by atoms with van der Waals surface area (Å²) in [6.45, 7) is 6.78. The molecule has 1 saturated heterocycles. The molecule has 0 atom stereocenters. The summed E-state index contributed by atoms with van der Waals surface area (Å²) in [4.78, 5) is 26.1. The average molecular weight is 409 g/mol. The molecule has 152 valence electrons. The van der Waals surface area contributed by atoms with E-state index >= 15 is 0 Å². The highest BCUT2D eigenvalue weighted by molar-refractivity contribution is 6.32. The van der Waals surface area contributed by atoms with Crippen LogP contribution in [0.2, 0.25) is 5.02 Å². The van der Waals surface area contributed by atoms with Crippen LogP contribution < -0.4 is 14.8 Å². The second-order valence-electron chi connectivity index (χ2n) is 7.82. The van der Waals surface area contributed by atoms with Crippen LogP contribution >= 0.6 is 11.6 Å². The molecule has 0 bridgehead atoms. The summed E-state index contributed by atoms with van der Waals surface area (Å²) >= 11 is 6.16. The van der Waals surface area contributed by atoms with Crippen molar-refractivity contribution in [3.05, 3.63) is 28.8 Å². The van der Waals surface area contributed by atoms with Crippen LogP contribution in [0.15, 0.2) is 18.2 Å². The monoisotopic (exact) mass is 408 g/mol. The van der Waals surface area contributed by atoms with Crippen molar-refractivity contribution < 1.29 is 23.8 Å². The number of carbonyl (C=O) groups excluding carboxylic acids is 2. The zero-order valence-corrected chi connectivity index (χ0v) is 17.0. The van der Waals surface area contributed by atoms with Crippen molar-refractivity contribution in [3.8, 4) is 11.5 Å². The summed E-state index contributed by atoms with van der Waals surface area (Å²) < 4.78 is 15.9. The first kappa shape index (κ1) is 20.3. The quantitative estimate of drug-likeness (QED) is 0.773. The third kappa shape index (κ3) is 5.32. The van der Waals surface area contributed by atoms with Gasteiger partial charge in [-0.15, -0.1) is 0 Å². The van der Waals surface area contributed by atoms with Gasteiger partial charge in [0.15, 0.2) is 11.5 Å². The van der Waals surface area contributed by atoms with Gasteiger partial charge >= 0.3 is 6.09 Å². The molecule has 2 aliphatic heterocycles. The van der Waals surface area contributed by atoms with Gasteiger partial charge in [0.25, 0.3) is 0 Å². The Morgan fingerprint density at radius 3 is 2.64 bits per heavy atom. The number of amides is 2. The van der Waals surface area contributed by atoms with Crippen molar-refractivity contribution in [1.29, 1.82) is 0 Å². The van der Waals surface area contributed by atoms with Crippen LogP contribution in [0, 0.1) is 0 Å². The minimum Gasteiger partial charge on any atom is -0.454 e. The van der Waals surface area contributed by atoms with Crippen molar-refractivity contribution in [2.75, 3.05) is 19.9 Å². The maximum absolute atomic E-state index is 12.4. The van der Waals surface area contributed by atoms with Gasteiger partial charge in [0, 0.05) is 25.2 Å². The molecule has 0 radical (unpaired) electrons. The van der Waals surface area contributed by atoms with Crippen LogP contribution in [0.1, 0.15) is 39.2 Å². The van der Waals surface area contributed by atoms with E-state index in [9.17, 15) is 9.59 Å². The third-order valence-electron chi connectivity index (χ3n) is 4.40. The first-order valence-electron chi connectivity index (χ1n) is 9.27. The zero-order valence-electron chi connectivity index (χ0n) is 16.3. The van der Waals surface area contributed by atoms with Gasteiger partial charge in [0.05, 0.1) is 5.02 Å². The number of ether oxygens (including phenoxy) is 3. The molecule has 1 fully saturated rings. The molecule has 2 amide bonds. The molecule has 0 aromatic heterocycles. The van der Waals surface area contributed by atoms with E-state index in [4.69, 9.17) is 25.8 Å². The van der Waals surface area contributed by atoms with Crippen LogP contribution in [0.4, 0.5) is 4.79 Å². The molecule has 28 heavy (non-hydrogen) atoms. The lowest BCUT2D eigenvalue weighted by Crippen LogP contribution is -2.47. The number of fused-ring (bicyclic) bond motifs is 1. The number of hydrogen-bond acceptors (Lipinski definition) is 5. The Bertz CT molecular complexity index is 780. The van der Waals surface area contributed by atoms with Gasteiger partial charge in [-0.2, -0.15) is 0 Å². The van der Waals surface area contributed by atoms with E-state index in [-0.39, 0.29) is 18.7 Å². The van der Waals surface area contributed by atoms with Gasteiger partial charge in [0.2, 0.25) is 12.7 Å². The largest absolute Gasteiger partial charge is 0.454 e. The lowest BCUT2D eigenvalue weighted by molar-refractivity contribution is -0.127. The van der Waals surface area contributed by atoms with Crippen molar-refractivity contribution in [2.45, 2.75) is 45.3 Å². The molecule has 0 saturated carbocycles. The van der Waals surface area contributed by atoms with Crippen molar-refractivity contribution in [1.82, 2.24) is 10.2 Å². The SMILES string of the molecule is CC(C)(C)OC(=O)NC1CCN(C(=O)/C=C/c2cc(Cl)c3c(c2)OCO3)CC1. The van der Waals surface area contributed by atoms with Gasteiger partial charge in [0.1, 0.15) is 5.60 Å². The average Bonchev–Trinajstić information content (AvgIpc) is 3.08. The van der Waals surface area contributed by atoms with Crippen LogP contribution in [0.3, 0.4) is 0 Å². The second-order valence-corrected chi connectivity index (χ2v) is 8.22. The number of rotatable bonds is 3. The maximum atomic E-state index is 12.4. The van der Waals surface area contributed by atoms with E-state index < -0.39 is 11.7 Å². The fourth-order valence-electron chi connectivity index (χ4n) is 3.07. The van der Waals surface area contributed by atoms with Crippen LogP contribution in [0.25, 0.3) is 6.08 Å². The number of benzene rings is 1. The normalized spacial score (nSPS) is 17.1. The predicted octanol–water partition coefficient (Wildman–Crippen LogP) is 3.60. The minimum absolute atomic E-state index is 0.00976. The predicted molar refractivity (Wildman–Crippen MR) is 106 cm³/mol. The molecule has 0 unspecified atom stereocenters. The molecule has 1 aromatic rings. The molecule has 1 N–H and O–H groups in total. The fraction of sp³-hybridized carbons (Fsp3) is 0.500. The highest BCUT2D eigenvalue weighted by Crippen LogP contribution is 2.40. The van der Waals surface area contributed by atoms with E-state index in [1.54, 1.807) is 23.1 Å². The summed E-state index contributed by atoms with van der Waals surface area (Å²) in [5.41, 5.74) is 0.243. The number of piperidine rings is 1. The van der Waals surface area contributed by atoms with Crippen molar-refractivity contribution in [3.63, 3.8) is 0 Å². The minimum atomic E-state index is -0.525. The first-order chi connectivity index (χ1) is 13.2. The fourth-order valence-corrected chi connectivity index (χ4v) is 3.35. The molecule has 0 aliphatic carbocycles. The molecular weight excluding hydrogens is 384 g/mol. The Labute approximate surface area is 169 Å². The zero-order chi connectivity index (χ0) is 20.3. The van der Waals surface area contributed by atoms with Gasteiger partial charge in [-0.25, -0.2) is 4.79 Å². The highest BCUT2D eigenvalue weighted by atomic mass is 35.5. The van der Waals surface area contributed by atoms with Crippen LogP contribution in [0.5, 0.6) is 11.5 Å². The van der Waals surface area contributed by atoms with Gasteiger partial charge < -0.3 is 24.4 Å². The number of hydrogen-bond donors (Lipinski definition) is 1. The highest BCUT2D eigenvalue weighted by Gasteiger charge is 2.25. The van der Waals surface area contributed by atoms with Crippen molar-refractivity contribution >= 4 is 29.7 Å².